The van der Waals surface area contributed by atoms with Crippen molar-refractivity contribution in [3.8, 4) is 0 Å². The molecule has 2 unspecified atom stereocenters. The van der Waals surface area contributed by atoms with Crippen LogP contribution in [0.5, 0.6) is 0 Å². The van der Waals surface area contributed by atoms with Gasteiger partial charge in [-0.25, -0.2) is 0 Å². The Balaban J connectivity index is 2.01. The lowest BCUT2D eigenvalue weighted by Crippen LogP contribution is -2.40. The molecule has 2 rings (SSSR count). The Hall–Kier alpha value is -0.570. The van der Waals surface area contributed by atoms with Gasteiger partial charge in [-0.3, -0.25) is 4.79 Å². The molecule has 3 heteroatoms. The van der Waals surface area contributed by atoms with Gasteiger partial charge in [0.05, 0.1) is 0 Å². The maximum Gasteiger partial charge on any atom is 0.226 e. The van der Waals surface area contributed by atoms with Crippen molar-refractivity contribution in [2.75, 3.05) is 13.1 Å². The number of carbonyl (C=O) groups is 1. The fourth-order valence-corrected chi connectivity index (χ4v) is 3.46. The lowest BCUT2D eigenvalue weighted by Gasteiger charge is -2.27. The van der Waals surface area contributed by atoms with Crippen molar-refractivity contribution in [3.05, 3.63) is 0 Å². The highest BCUT2D eigenvalue weighted by Gasteiger charge is 2.38. The zero-order valence-corrected chi connectivity index (χ0v) is 10.5. The van der Waals surface area contributed by atoms with E-state index in [1.807, 2.05) is 0 Å². The summed E-state index contributed by atoms with van der Waals surface area (Å²) < 4.78 is 0. The highest BCUT2D eigenvalue weighted by Crippen LogP contribution is 2.34. The lowest BCUT2D eigenvalue weighted by molar-refractivity contribution is -0.137. The van der Waals surface area contributed by atoms with Crippen LogP contribution in [0.1, 0.15) is 39.5 Å². The van der Waals surface area contributed by atoms with E-state index in [-0.39, 0.29) is 5.92 Å². The van der Waals surface area contributed by atoms with Gasteiger partial charge in [-0.2, -0.15) is 0 Å². The Labute approximate surface area is 98.4 Å². The van der Waals surface area contributed by atoms with Crippen LogP contribution in [0.25, 0.3) is 0 Å². The number of rotatable bonds is 2. The van der Waals surface area contributed by atoms with Crippen LogP contribution < -0.4 is 5.73 Å². The second kappa shape index (κ2) is 4.74. The van der Waals surface area contributed by atoms with E-state index in [1.165, 1.54) is 6.42 Å². The molecule has 2 N–H and O–H groups in total. The molecule has 1 aliphatic heterocycles. The van der Waals surface area contributed by atoms with Gasteiger partial charge in [0.1, 0.15) is 0 Å². The second-order valence-electron chi connectivity index (χ2n) is 5.71. The van der Waals surface area contributed by atoms with E-state index in [2.05, 4.69) is 18.7 Å². The van der Waals surface area contributed by atoms with E-state index in [9.17, 15) is 4.79 Å². The molecule has 0 aromatic carbocycles. The van der Waals surface area contributed by atoms with Gasteiger partial charge in [-0.05, 0) is 44.6 Å². The minimum absolute atomic E-state index is 0.220. The van der Waals surface area contributed by atoms with Gasteiger partial charge in [-0.15, -0.1) is 0 Å². The molecule has 1 heterocycles. The standard InChI is InChI=1S/C13H24N2O/c1-9-6-10(2)15(8-9)13(16)12-5-3-4-11(12)7-14/h9-12H,3-8,14H2,1-2H3/t9?,10?,11-,12-/m1/s1. The molecule has 0 bridgehead atoms. The third-order valence-electron chi connectivity index (χ3n) is 4.35. The van der Waals surface area contributed by atoms with Gasteiger partial charge in [-0.1, -0.05) is 13.3 Å². The minimum atomic E-state index is 0.220. The van der Waals surface area contributed by atoms with E-state index in [0.717, 1.165) is 25.8 Å². The molecule has 16 heavy (non-hydrogen) atoms. The Morgan fingerprint density at radius 2 is 2.12 bits per heavy atom. The van der Waals surface area contributed by atoms with Gasteiger partial charge in [0, 0.05) is 18.5 Å². The molecule has 2 aliphatic rings. The van der Waals surface area contributed by atoms with Crippen LogP contribution in [-0.4, -0.2) is 29.9 Å². The molecule has 0 spiro atoms. The zero-order valence-electron chi connectivity index (χ0n) is 10.5. The van der Waals surface area contributed by atoms with E-state index in [1.54, 1.807) is 0 Å². The summed E-state index contributed by atoms with van der Waals surface area (Å²) in [5.41, 5.74) is 5.75. The quantitative estimate of drug-likeness (QED) is 0.774. The van der Waals surface area contributed by atoms with Crippen LogP contribution in [0.15, 0.2) is 0 Å². The number of hydrogen-bond donors (Lipinski definition) is 1. The van der Waals surface area contributed by atoms with Crippen molar-refractivity contribution in [2.24, 2.45) is 23.5 Å². The average Bonchev–Trinajstić information content (AvgIpc) is 2.83. The molecule has 2 fully saturated rings. The number of likely N-dealkylation sites (tertiary alicyclic amines) is 1. The first-order valence-electron chi connectivity index (χ1n) is 6.64. The summed E-state index contributed by atoms with van der Waals surface area (Å²) in [6.07, 6.45) is 4.53. The van der Waals surface area contributed by atoms with Crippen molar-refractivity contribution in [1.82, 2.24) is 4.90 Å². The molecule has 4 atom stereocenters. The lowest BCUT2D eigenvalue weighted by atomic mass is 9.94. The summed E-state index contributed by atoms with van der Waals surface area (Å²) in [5.74, 6) is 1.70. The highest BCUT2D eigenvalue weighted by molar-refractivity contribution is 5.80. The predicted molar refractivity (Wildman–Crippen MR) is 64.8 cm³/mol. The smallest absolute Gasteiger partial charge is 0.226 e. The largest absolute Gasteiger partial charge is 0.339 e. The van der Waals surface area contributed by atoms with Crippen LogP contribution >= 0.6 is 0 Å². The molecule has 1 saturated carbocycles. The fraction of sp³-hybridized carbons (Fsp3) is 0.923. The van der Waals surface area contributed by atoms with E-state index < -0.39 is 0 Å². The molecule has 3 nitrogen and oxygen atoms in total. The predicted octanol–water partition coefficient (Wildman–Crippen LogP) is 1.62. The van der Waals surface area contributed by atoms with Crippen molar-refractivity contribution in [2.45, 2.75) is 45.6 Å². The van der Waals surface area contributed by atoms with Gasteiger partial charge < -0.3 is 10.6 Å². The first-order valence-corrected chi connectivity index (χ1v) is 6.64. The SMILES string of the molecule is CC1CC(C)N(C(=O)[C@@H]2CCC[C@@H]2CN)C1. The molecular weight excluding hydrogens is 200 g/mol. The number of nitrogens with zero attached hydrogens (tertiary/aromatic N) is 1. The first-order chi connectivity index (χ1) is 7.63. The topological polar surface area (TPSA) is 46.3 Å². The molecule has 1 aliphatic carbocycles. The normalized spacial score (nSPS) is 39.3. The highest BCUT2D eigenvalue weighted by atomic mass is 16.2. The second-order valence-corrected chi connectivity index (χ2v) is 5.71. The van der Waals surface area contributed by atoms with Gasteiger partial charge in [0.25, 0.3) is 0 Å². The number of nitrogens with two attached hydrogens (primary N) is 1. The molecule has 1 saturated heterocycles. The summed E-state index contributed by atoms with van der Waals surface area (Å²) in [4.78, 5) is 14.5. The Morgan fingerprint density at radius 1 is 1.38 bits per heavy atom. The summed E-state index contributed by atoms with van der Waals surface area (Å²) in [6.45, 7) is 6.04. The zero-order chi connectivity index (χ0) is 11.7. The van der Waals surface area contributed by atoms with E-state index in [4.69, 9.17) is 5.73 Å². The van der Waals surface area contributed by atoms with Crippen molar-refractivity contribution >= 4 is 5.91 Å². The minimum Gasteiger partial charge on any atom is -0.339 e. The van der Waals surface area contributed by atoms with Crippen LogP contribution in [0, 0.1) is 17.8 Å². The third-order valence-corrected chi connectivity index (χ3v) is 4.35. The average molecular weight is 224 g/mol. The van der Waals surface area contributed by atoms with Crippen LogP contribution in [0.3, 0.4) is 0 Å². The molecule has 1 amide bonds. The molecule has 92 valence electrons. The molecule has 0 radical (unpaired) electrons. The third kappa shape index (κ3) is 2.10. The van der Waals surface area contributed by atoms with Crippen LogP contribution in [-0.2, 0) is 4.79 Å². The van der Waals surface area contributed by atoms with E-state index in [0.29, 0.717) is 30.3 Å². The first kappa shape index (κ1) is 11.9. The number of hydrogen-bond acceptors (Lipinski definition) is 2. The van der Waals surface area contributed by atoms with Crippen LogP contribution in [0.2, 0.25) is 0 Å². The maximum absolute atomic E-state index is 12.4. The number of carbonyl (C=O) groups excluding carboxylic acids is 1. The van der Waals surface area contributed by atoms with Crippen molar-refractivity contribution < 1.29 is 4.79 Å². The molecule has 0 aromatic heterocycles. The Kier molecular flexibility index (Phi) is 3.53. The van der Waals surface area contributed by atoms with E-state index >= 15 is 0 Å². The Bertz CT molecular complexity index is 263. The summed E-state index contributed by atoms with van der Waals surface area (Å²) in [6, 6.07) is 0.432. The molecule has 0 aromatic rings. The number of amides is 1. The van der Waals surface area contributed by atoms with Crippen LogP contribution in [0.4, 0.5) is 0 Å². The summed E-state index contributed by atoms with van der Waals surface area (Å²) in [7, 11) is 0. The molecular formula is C13H24N2O. The summed E-state index contributed by atoms with van der Waals surface area (Å²) >= 11 is 0. The summed E-state index contributed by atoms with van der Waals surface area (Å²) in [5, 5.41) is 0. The monoisotopic (exact) mass is 224 g/mol. The Morgan fingerprint density at radius 3 is 2.69 bits per heavy atom. The van der Waals surface area contributed by atoms with Crippen molar-refractivity contribution in [1.29, 1.82) is 0 Å². The van der Waals surface area contributed by atoms with Gasteiger partial charge in [0.15, 0.2) is 0 Å². The van der Waals surface area contributed by atoms with Gasteiger partial charge in [0.2, 0.25) is 5.91 Å². The maximum atomic E-state index is 12.4. The fourth-order valence-electron chi connectivity index (χ4n) is 3.46. The van der Waals surface area contributed by atoms with Gasteiger partial charge >= 0.3 is 0 Å². The van der Waals surface area contributed by atoms with Crippen molar-refractivity contribution in [3.63, 3.8) is 0 Å².